The summed E-state index contributed by atoms with van der Waals surface area (Å²) in [5.41, 5.74) is 4.99. The Hall–Kier alpha value is -0.300. The van der Waals surface area contributed by atoms with Gasteiger partial charge in [-0.3, -0.25) is 0 Å². The molecule has 0 atom stereocenters. The molecule has 0 heterocycles. The minimum atomic E-state index is 0.899. The van der Waals surface area contributed by atoms with E-state index in [4.69, 9.17) is 0 Å². The van der Waals surface area contributed by atoms with Gasteiger partial charge in [-0.1, -0.05) is 15.9 Å². The van der Waals surface area contributed by atoms with Crippen LogP contribution < -0.4 is 0 Å². The molecule has 0 aliphatic heterocycles. The molecule has 1 aromatic carbocycles. The first-order valence-electron chi connectivity index (χ1n) is 5.66. The van der Waals surface area contributed by atoms with Crippen LogP contribution >= 0.6 is 15.9 Å². The molecule has 3 rings (SSSR count). The molecule has 0 aromatic heterocycles. The maximum absolute atomic E-state index is 3.63. The van der Waals surface area contributed by atoms with Crippen LogP contribution in [0, 0.1) is 0 Å². The van der Waals surface area contributed by atoms with E-state index in [1.54, 1.807) is 16.7 Å². The molecule has 2 aliphatic carbocycles. The highest BCUT2D eigenvalue weighted by molar-refractivity contribution is 9.10. The van der Waals surface area contributed by atoms with Crippen LogP contribution in [0.3, 0.4) is 0 Å². The average molecular weight is 251 g/mol. The van der Waals surface area contributed by atoms with Crippen LogP contribution in [-0.2, 0) is 12.8 Å². The molecular weight excluding hydrogens is 236 g/mol. The Labute approximate surface area is 93.8 Å². The van der Waals surface area contributed by atoms with Gasteiger partial charge in [0.2, 0.25) is 0 Å². The van der Waals surface area contributed by atoms with Gasteiger partial charge in [-0.2, -0.15) is 0 Å². The Bertz CT molecular complexity index is 336. The first-order valence-corrected chi connectivity index (χ1v) is 6.45. The Morgan fingerprint density at radius 1 is 1.00 bits per heavy atom. The standard InChI is InChI=1S/C13H15Br/c14-12-7-10-5-1-3-9-4-2-6-11(8-12)13(9)10/h7-9H,1-6H2. The molecule has 0 saturated heterocycles. The molecule has 0 bridgehead atoms. The number of aryl methyl sites for hydroxylation is 2. The number of hydrogen-bond acceptors (Lipinski definition) is 0. The molecule has 0 radical (unpaired) electrons. The summed E-state index contributed by atoms with van der Waals surface area (Å²) in [5.74, 6) is 0.899. The number of hydrogen-bond donors (Lipinski definition) is 0. The highest BCUT2D eigenvalue weighted by Gasteiger charge is 2.26. The lowest BCUT2D eigenvalue weighted by Crippen LogP contribution is -2.17. The van der Waals surface area contributed by atoms with E-state index in [0.717, 1.165) is 5.92 Å². The first kappa shape index (κ1) is 8.96. The van der Waals surface area contributed by atoms with Gasteiger partial charge < -0.3 is 0 Å². The fourth-order valence-corrected chi connectivity index (χ4v) is 3.74. The van der Waals surface area contributed by atoms with Crippen molar-refractivity contribution in [2.75, 3.05) is 0 Å². The monoisotopic (exact) mass is 250 g/mol. The van der Waals surface area contributed by atoms with E-state index >= 15 is 0 Å². The van der Waals surface area contributed by atoms with Crippen LogP contribution in [-0.4, -0.2) is 0 Å². The van der Waals surface area contributed by atoms with Crippen LogP contribution in [0.2, 0.25) is 0 Å². The Balaban J connectivity index is 2.20. The van der Waals surface area contributed by atoms with E-state index in [1.165, 1.54) is 43.0 Å². The summed E-state index contributed by atoms with van der Waals surface area (Å²) in [4.78, 5) is 0. The van der Waals surface area contributed by atoms with Gasteiger partial charge in [0.15, 0.2) is 0 Å². The van der Waals surface area contributed by atoms with E-state index in [-0.39, 0.29) is 0 Å². The van der Waals surface area contributed by atoms with Crippen molar-refractivity contribution in [1.29, 1.82) is 0 Å². The highest BCUT2D eigenvalue weighted by atomic mass is 79.9. The van der Waals surface area contributed by atoms with Crippen molar-refractivity contribution in [3.8, 4) is 0 Å². The van der Waals surface area contributed by atoms with Gasteiger partial charge in [0, 0.05) is 4.47 Å². The Morgan fingerprint density at radius 3 is 2.14 bits per heavy atom. The quantitative estimate of drug-likeness (QED) is 0.648. The zero-order chi connectivity index (χ0) is 9.54. The highest BCUT2D eigenvalue weighted by Crippen LogP contribution is 2.42. The second-order valence-electron chi connectivity index (χ2n) is 4.62. The summed E-state index contributed by atoms with van der Waals surface area (Å²) < 4.78 is 1.29. The molecule has 0 N–H and O–H groups in total. The predicted octanol–water partition coefficient (Wildman–Crippen LogP) is 4.21. The lowest BCUT2D eigenvalue weighted by atomic mass is 9.74. The van der Waals surface area contributed by atoms with Gasteiger partial charge in [-0.15, -0.1) is 0 Å². The number of benzene rings is 1. The van der Waals surface area contributed by atoms with Gasteiger partial charge in [-0.05, 0) is 73.3 Å². The van der Waals surface area contributed by atoms with Crippen LogP contribution in [0.25, 0.3) is 0 Å². The fraction of sp³-hybridized carbons (Fsp3) is 0.538. The summed E-state index contributed by atoms with van der Waals surface area (Å²) in [6.45, 7) is 0. The minimum Gasteiger partial charge on any atom is -0.0508 e. The van der Waals surface area contributed by atoms with E-state index in [1.807, 2.05) is 0 Å². The van der Waals surface area contributed by atoms with Gasteiger partial charge in [0.1, 0.15) is 0 Å². The maximum atomic E-state index is 3.63. The normalized spacial score (nSPS) is 20.6. The van der Waals surface area contributed by atoms with E-state index in [2.05, 4.69) is 28.1 Å². The zero-order valence-corrected chi connectivity index (χ0v) is 9.94. The van der Waals surface area contributed by atoms with Crippen LogP contribution in [0.15, 0.2) is 16.6 Å². The predicted molar refractivity (Wildman–Crippen MR) is 62.8 cm³/mol. The van der Waals surface area contributed by atoms with Gasteiger partial charge in [0.05, 0.1) is 0 Å². The molecule has 1 heteroatoms. The van der Waals surface area contributed by atoms with Crippen molar-refractivity contribution < 1.29 is 0 Å². The molecule has 74 valence electrons. The van der Waals surface area contributed by atoms with Crippen LogP contribution in [0.1, 0.15) is 48.3 Å². The maximum Gasteiger partial charge on any atom is 0.0180 e. The van der Waals surface area contributed by atoms with Crippen molar-refractivity contribution in [2.24, 2.45) is 0 Å². The molecule has 0 unspecified atom stereocenters. The smallest absolute Gasteiger partial charge is 0.0180 e. The molecule has 0 nitrogen and oxygen atoms in total. The lowest BCUT2D eigenvalue weighted by molar-refractivity contribution is 0.476. The minimum absolute atomic E-state index is 0.899. The van der Waals surface area contributed by atoms with Gasteiger partial charge in [0.25, 0.3) is 0 Å². The molecule has 0 saturated carbocycles. The second kappa shape index (κ2) is 3.37. The SMILES string of the molecule is Brc1cc2c3c(c1)CCCC3CCC2. The summed E-state index contributed by atoms with van der Waals surface area (Å²) in [5, 5.41) is 0. The summed E-state index contributed by atoms with van der Waals surface area (Å²) >= 11 is 3.63. The van der Waals surface area contributed by atoms with E-state index in [0.29, 0.717) is 0 Å². The summed E-state index contributed by atoms with van der Waals surface area (Å²) in [7, 11) is 0. The average Bonchev–Trinajstić information content (AvgIpc) is 2.18. The fourth-order valence-electron chi connectivity index (χ4n) is 3.19. The van der Waals surface area contributed by atoms with Crippen molar-refractivity contribution in [3.05, 3.63) is 33.3 Å². The van der Waals surface area contributed by atoms with Crippen LogP contribution in [0.5, 0.6) is 0 Å². The number of halogens is 1. The van der Waals surface area contributed by atoms with Crippen LogP contribution in [0.4, 0.5) is 0 Å². The number of rotatable bonds is 0. The third kappa shape index (κ3) is 1.33. The van der Waals surface area contributed by atoms with Crippen molar-refractivity contribution >= 4 is 15.9 Å². The Morgan fingerprint density at radius 2 is 1.57 bits per heavy atom. The molecular formula is C13H15Br. The topological polar surface area (TPSA) is 0 Å². The van der Waals surface area contributed by atoms with Crippen molar-refractivity contribution in [1.82, 2.24) is 0 Å². The molecule has 14 heavy (non-hydrogen) atoms. The third-order valence-corrected chi connectivity index (χ3v) is 4.18. The van der Waals surface area contributed by atoms with E-state index < -0.39 is 0 Å². The summed E-state index contributed by atoms with van der Waals surface area (Å²) in [6.07, 6.45) is 8.26. The molecule has 0 spiro atoms. The molecule has 1 aromatic rings. The Kier molecular flexibility index (Phi) is 2.16. The van der Waals surface area contributed by atoms with E-state index in [9.17, 15) is 0 Å². The van der Waals surface area contributed by atoms with Crippen molar-refractivity contribution in [3.63, 3.8) is 0 Å². The second-order valence-corrected chi connectivity index (χ2v) is 5.53. The first-order chi connectivity index (χ1) is 6.84. The van der Waals surface area contributed by atoms with Crippen molar-refractivity contribution in [2.45, 2.75) is 44.4 Å². The summed E-state index contributed by atoms with van der Waals surface area (Å²) in [6, 6.07) is 4.69. The lowest BCUT2D eigenvalue weighted by Gasteiger charge is -2.32. The van der Waals surface area contributed by atoms with Gasteiger partial charge >= 0.3 is 0 Å². The molecule has 0 fully saturated rings. The largest absolute Gasteiger partial charge is 0.0508 e. The van der Waals surface area contributed by atoms with Gasteiger partial charge in [-0.25, -0.2) is 0 Å². The molecule has 2 aliphatic rings. The zero-order valence-electron chi connectivity index (χ0n) is 8.35. The molecule has 0 amide bonds. The third-order valence-electron chi connectivity index (χ3n) is 3.72.